The molecule has 1 fully saturated rings. The summed E-state index contributed by atoms with van der Waals surface area (Å²) in [5.74, 6) is 0.963. The van der Waals surface area contributed by atoms with E-state index in [2.05, 4.69) is 22.3 Å². The summed E-state index contributed by atoms with van der Waals surface area (Å²) in [7, 11) is 0. The summed E-state index contributed by atoms with van der Waals surface area (Å²) in [5.41, 5.74) is 2.02. The molecular formula is C20H26N2O2. The van der Waals surface area contributed by atoms with Gasteiger partial charge in [-0.05, 0) is 62.2 Å². The third-order valence-electron chi connectivity index (χ3n) is 4.54. The fourth-order valence-corrected chi connectivity index (χ4v) is 3.16. The molecule has 1 amide bonds. The number of aryl methyl sites for hydroxylation is 1. The van der Waals surface area contributed by atoms with E-state index in [1.807, 2.05) is 24.3 Å². The molecule has 128 valence electrons. The zero-order valence-corrected chi connectivity index (χ0v) is 14.2. The lowest BCUT2D eigenvalue weighted by Gasteiger charge is -2.26. The van der Waals surface area contributed by atoms with E-state index < -0.39 is 0 Å². The Morgan fingerprint density at radius 1 is 1.08 bits per heavy atom. The van der Waals surface area contributed by atoms with Gasteiger partial charge >= 0.3 is 0 Å². The van der Waals surface area contributed by atoms with Crippen LogP contribution in [0, 0.1) is 0 Å². The van der Waals surface area contributed by atoms with E-state index >= 15 is 0 Å². The number of furan rings is 1. The number of carbonyl (C=O) groups is 1. The zero-order valence-electron chi connectivity index (χ0n) is 14.2. The summed E-state index contributed by atoms with van der Waals surface area (Å²) in [4.78, 5) is 14.7. The number of carbonyl (C=O) groups excluding carboxylic acids is 1. The van der Waals surface area contributed by atoms with Crippen LogP contribution in [0.15, 0.2) is 47.1 Å². The molecule has 0 aliphatic carbocycles. The van der Waals surface area contributed by atoms with E-state index in [-0.39, 0.29) is 5.91 Å². The Bertz CT molecular complexity index is 614. The molecule has 0 radical (unpaired) electrons. The second-order valence-electron chi connectivity index (χ2n) is 6.47. The second-order valence-corrected chi connectivity index (χ2v) is 6.47. The van der Waals surface area contributed by atoms with Crippen LogP contribution in [0.4, 0.5) is 0 Å². The maximum Gasteiger partial charge on any atom is 0.251 e. The largest absolute Gasteiger partial charge is 0.469 e. The molecule has 0 atom stereocenters. The predicted molar refractivity (Wildman–Crippen MR) is 94.9 cm³/mol. The van der Waals surface area contributed by atoms with E-state index in [0.29, 0.717) is 6.54 Å². The molecule has 1 aromatic carbocycles. The number of piperidine rings is 1. The normalized spacial score (nSPS) is 15.3. The van der Waals surface area contributed by atoms with Crippen molar-refractivity contribution in [3.63, 3.8) is 0 Å². The predicted octanol–water partition coefficient (Wildman–Crippen LogP) is 3.63. The average molecular weight is 326 g/mol. The van der Waals surface area contributed by atoms with Crippen LogP contribution in [0.5, 0.6) is 0 Å². The Morgan fingerprint density at radius 2 is 1.88 bits per heavy atom. The van der Waals surface area contributed by atoms with Crippen LogP contribution in [0.25, 0.3) is 0 Å². The summed E-state index contributed by atoms with van der Waals surface area (Å²) in [5, 5.41) is 2.97. The van der Waals surface area contributed by atoms with Gasteiger partial charge in [0, 0.05) is 25.1 Å². The van der Waals surface area contributed by atoms with Crippen molar-refractivity contribution in [3.05, 3.63) is 59.5 Å². The highest BCUT2D eigenvalue weighted by atomic mass is 16.3. The van der Waals surface area contributed by atoms with E-state index in [4.69, 9.17) is 4.42 Å². The van der Waals surface area contributed by atoms with Gasteiger partial charge in [-0.1, -0.05) is 18.6 Å². The maximum atomic E-state index is 12.2. The van der Waals surface area contributed by atoms with Crippen LogP contribution in [0.3, 0.4) is 0 Å². The van der Waals surface area contributed by atoms with Crippen molar-refractivity contribution in [2.45, 2.75) is 38.6 Å². The third kappa shape index (κ3) is 4.96. The van der Waals surface area contributed by atoms with Gasteiger partial charge in [0.1, 0.15) is 5.76 Å². The Balaban J connectivity index is 1.41. The minimum Gasteiger partial charge on any atom is -0.469 e. The minimum atomic E-state index is -0.000956. The smallest absolute Gasteiger partial charge is 0.251 e. The third-order valence-corrected chi connectivity index (χ3v) is 4.54. The lowest BCUT2D eigenvalue weighted by molar-refractivity contribution is 0.0953. The molecule has 1 aliphatic heterocycles. The number of hydrogen-bond donors (Lipinski definition) is 1. The number of benzene rings is 1. The molecule has 24 heavy (non-hydrogen) atoms. The molecule has 2 heterocycles. The first-order chi connectivity index (χ1) is 11.8. The first-order valence-electron chi connectivity index (χ1n) is 8.93. The number of nitrogens with one attached hydrogen (secondary N) is 1. The van der Waals surface area contributed by atoms with Crippen LogP contribution in [-0.4, -0.2) is 30.4 Å². The van der Waals surface area contributed by atoms with Crippen LogP contribution >= 0.6 is 0 Å². The van der Waals surface area contributed by atoms with Crippen LogP contribution in [-0.2, 0) is 13.0 Å². The van der Waals surface area contributed by atoms with Crippen LogP contribution < -0.4 is 5.32 Å². The van der Waals surface area contributed by atoms with Gasteiger partial charge in [-0.25, -0.2) is 0 Å². The van der Waals surface area contributed by atoms with Gasteiger partial charge < -0.3 is 9.73 Å². The fraction of sp³-hybridized carbons (Fsp3) is 0.450. The molecule has 1 saturated heterocycles. The molecule has 0 spiro atoms. The zero-order chi connectivity index (χ0) is 16.6. The van der Waals surface area contributed by atoms with Crippen LogP contribution in [0.2, 0.25) is 0 Å². The first-order valence-corrected chi connectivity index (χ1v) is 8.93. The Labute approximate surface area is 143 Å². The molecule has 1 aromatic heterocycles. The number of amides is 1. The van der Waals surface area contributed by atoms with Crippen molar-refractivity contribution < 1.29 is 9.21 Å². The summed E-state index contributed by atoms with van der Waals surface area (Å²) in [6.07, 6.45) is 7.38. The molecule has 0 unspecified atom stereocenters. The quantitative estimate of drug-likeness (QED) is 0.790. The van der Waals surface area contributed by atoms with Crippen molar-refractivity contribution in [3.8, 4) is 0 Å². The maximum absolute atomic E-state index is 12.2. The highest BCUT2D eigenvalue weighted by Crippen LogP contribution is 2.13. The molecule has 2 aromatic rings. The molecule has 1 aliphatic rings. The molecule has 0 bridgehead atoms. The summed E-state index contributed by atoms with van der Waals surface area (Å²) < 4.78 is 5.28. The van der Waals surface area contributed by atoms with Gasteiger partial charge in [-0.15, -0.1) is 0 Å². The van der Waals surface area contributed by atoms with Crippen molar-refractivity contribution in [1.29, 1.82) is 0 Å². The Hall–Kier alpha value is -2.07. The van der Waals surface area contributed by atoms with Gasteiger partial charge in [0.25, 0.3) is 5.91 Å². The van der Waals surface area contributed by atoms with E-state index in [1.165, 1.54) is 37.9 Å². The highest BCUT2D eigenvalue weighted by Gasteiger charge is 2.11. The monoisotopic (exact) mass is 326 g/mol. The fourth-order valence-electron chi connectivity index (χ4n) is 3.16. The number of likely N-dealkylation sites (tertiary alicyclic amines) is 1. The molecule has 4 heteroatoms. The van der Waals surface area contributed by atoms with E-state index in [9.17, 15) is 4.79 Å². The number of nitrogens with zero attached hydrogens (tertiary/aromatic N) is 1. The molecule has 1 N–H and O–H groups in total. The lowest BCUT2D eigenvalue weighted by Crippen LogP contribution is -2.29. The van der Waals surface area contributed by atoms with Gasteiger partial charge in [-0.2, -0.15) is 0 Å². The molecular weight excluding hydrogens is 300 g/mol. The minimum absolute atomic E-state index is 0.000956. The van der Waals surface area contributed by atoms with Crippen molar-refractivity contribution in [2.24, 2.45) is 0 Å². The summed E-state index contributed by atoms with van der Waals surface area (Å²) in [6, 6.07) is 11.9. The second kappa shape index (κ2) is 8.69. The first kappa shape index (κ1) is 16.8. The van der Waals surface area contributed by atoms with Gasteiger partial charge in [0.05, 0.1) is 6.26 Å². The van der Waals surface area contributed by atoms with E-state index in [1.54, 1.807) is 6.26 Å². The van der Waals surface area contributed by atoms with Crippen molar-refractivity contribution in [1.82, 2.24) is 10.2 Å². The summed E-state index contributed by atoms with van der Waals surface area (Å²) >= 11 is 0. The lowest BCUT2D eigenvalue weighted by atomic mass is 10.1. The Kier molecular flexibility index (Phi) is 6.07. The standard InChI is InChI=1S/C20H26N2O2/c23-20(21-12-4-6-19-7-5-15-24-19)18-10-8-17(9-11-18)16-22-13-2-1-3-14-22/h5,7-11,15H,1-4,6,12-14,16H2,(H,21,23). The van der Waals surface area contributed by atoms with Gasteiger partial charge in [0.2, 0.25) is 0 Å². The topological polar surface area (TPSA) is 45.5 Å². The van der Waals surface area contributed by atoms with E-state index in [0.717, 1.165) is 30.7 Å². The van der Waals surface area contributed by atoms with Crippen molar-refractivity contribution >= 4 is 5.91 Å². The number of rotatable bonds is 7. The SMILES string of the molecule is O=C(NCCCc1ccco1)c1ccc(CN2CCCCC2)cc1. The van der Waals surface area contributed by atoms with Crippen molar-refractivity contribution in [2.75, 3.05) is 19.6 Å². The highest BCUT2D eigenvalue weighted by molar-refractivity contribution is 5.94. The molecule has 3 rings (SSSR count). The molecule has 0 saturated carbocycles. The average Bonchev–Trinajstić information content (AvgIpc) is 3.13. The van der Waals surface area contributed by atoms with Gasteiger partial charge in [-0.3, -0.25) is 9.69 Å². The number of hydrogen-bond acceptors (Lipinski definition) is 3. The molecule has 4 nitrogen and oxygen atoms in total. The summed E-state index contributed by atoms with van der Waals surface area (Å²) in [6.45, 7) is 4.04. The van der Waals surface area contributed by atoms with Crippen LogP contribution in [0.1, 0.15) is 47.4 Å². The van der Waals surface area contributed by atoms with Gasteiger partial charge in [0.15, 0.2) is 0 Å². The Morgan fingerprint density at radius 3 is 2.58 bits per heavy atom.